The van der Waals surface area contributed by atoms with Gasteiger partial charge in [0.15, 0.2) is 5.82 Å². The topological polar surface area (TPSA) is 95.1 Å². The largest absolute Gasteiger partial charge is 0.368 e. The van der Waals surface area contributed by atoms with Gasteiger partial charge in [0, 0.05) is 37.5 Å². The highest BCUT2D eigenvalue weighted by molar-refractivity contribution is 5.94. The molecule has 1 amide bonds. The lowest BCUT2D eigenvalue weighted by atomic mass is 10.1. The van der Waals surface area contributed by atoms with Gasteiger partial charge in [0.25, 0.3) is 11.8 Å². The van der Waals surface area contributed by atoms with Crippen LogP contribution in [0, 0.1) is 0 Å². The predicted molar refractivity (Wildman–Crippen MR) is 96.0 cm³/mol. The molecule has 1 fully saturated rings. The first-order valence-electron chi connectivity index (χ1n) is 9.06. The van der Waals surface area contributed by atoms with Gasteiger partial charge in [-0.3, -0.25) is 9.48 Å². The molecule has 1 unspecified atom stereocenters. The van der Waals surface area contributed by atoms with Crippen molar-refractivity contribution in [1.29, 1.82) is 0 Å². The van der Waals surface area contributed by atoms with Crippen LogP contribution < -0.4 is 5.32 Å². The Balaban J connectivity index is 1.29. The molecule has 1 aromatic carbocycles. The average molecular weight is 367 g/mol. The van der Waals surface area contributed by atoms with E-state index in [-0.39, 0.29) is 12.0 Å². The van der Waals surface area contributed by atoms with Crippen LogP contribution >= 0.6 is 0 Å². The van der Waals surface area contributed by atoms with Crippen LogP contribution in [0.3, 0.4) is 0 Å². The van der Waals surface area contributed by atoms with Crippen LogP contribution in [-0.2, 0) is 17.7 Å². The number of nitrogens with one attached hydrogen (secondary N) is 1. The molecule has 4 rings (SSSR count). The number of carbonyl (C=O) groups is 1. The number of rotatable bonds is 7. The predicted octanol–water partition coefficient (Wildman–Crippen LogP) is 2.14. The molecule has 1 aliphatic rings. The van der Waals surface area contributed by atoms with Crippen molar-refractivity contribution in [3.63, 3.8) is 0 Å². The highest BCUT2D eigenvalue weighted by atomic mass is 16.5. The molecule has 1 N–H and O–H groups in total. The summed E-state index contributed by atoms with van der Waals surface area (Å²) in [6.07, 6.45) is 5.97. The fourth-order valence-corrected chi connectivity index (χ4v) is 3.05. The molecule has 27 heavy (non-hydrogen) atoms. The minimum atomic E-state index is -0.125. The number of ether oxygens (including phenoxy) is 1. The summed E-state index contributed by atoms with van der Waals surface area (Å²) in [5.74, 6) is 0.980. The number of nitrogens with zero attached hydrogens (tertiary/aromatic N) is 4. The molecular weight excluding hydrogens is 346 g/mol. The molecule has 1 saturated heterocycles. The van der Waals surface area contributed by atoms with Gasteiger partial charge in [-0.25, -0.2) is 0 Å². The summed E-state index contributed by atoms with van der Waals surface area (Å²) < 4.78 is 12.6. The van der Waals surface area contributed by atoms with Crippen molar-refractivity contribution in [2.75, 3.05) is 13.2 Å². The van der Waals surface area contributed by atoms with Crippen molar-refractivity contribution in [3.8, 4) is 0 Å². The molecule has 3 aromatic rings. The standard InChI is InChI=1S/C19H21N5O3/c25-18(15-5-1-4-14(12-15)13-24-10-3-8-21-24)20-9-7-17-22-19(27-23-17)16-6-2-11-26-16/h1,3-5,8,10,12,16H,2,6-7,9,11,13H2,(H,20,25). The highest BCUT2D eigenvalue weighted by Crippen LogP contribution is 2.26. The number of amides is 1. The molecule has 0 bridgehead atoms. The molecule has 3 heterocycles. The molecule has 0 radical (unpaired) electrons. The fraction of sp³-hybridized carbons (Fsp3) is 0.368. The van der Waals surface area contributed by atoms with Gasteiger partial charge >= 0.3 is 0 Å². The van der Waals surface area contributed by atoms with Crippen LogP contribution in [-0.4, -0.2) is 39.0 Å². The van der Waals surface area contributed by atoms with E-state index in [2.05, 4.69) is 20.6 Å². The fourth-order valence-electron chi connectivity index (χ4n) is 3.05. The minimum absolute atomic E-state index is 0.0848. The molecular formula is C19H21N5O3. The van der Waals surface area contributed by atoms with Crippen LogP contribution in [0.1, 0.15) is 46.6 Å². The van der Waals surface area contributed by atoms with Gasteiger partial charge in [-0.05, 0) is 36.6 Å². The van der Waals surface area contributed by atoms with E-state index in [0.717, 1.165) is 25.0 Å². The van der Waals surface area contributed by atoms with E-state index in [9.17, 15) is 4.79 Å². The summed E-state index contributed by atoms with van der Waals surface area (Å²) in [7, 11) is 0. The van der Waals surface area contributed by atoms with Gasteiger partial charge in [-0.15, -0.1) is 0 Å². The van der Waals surface area contributed by atoms with Gasteiger partial charge < -0.3 is 14.6 Å². The quantitative estimate of drug-likeness (QED) is 0.687. The zero-order chi connectivity index (χ0) is 18.5. The molecule has 0 spiro atoms. The smallest absolute Gasteiger partial charge is 0.255 e. The SMILES string of the molecule is O=C(NCCc1noc(C2CCCO2)n1)c1cccc(Cn2cccn2)c1. The van der Waals surface area contributed by atoms with E-state index in [0.29, 0.717) is 36.8 Å². The van der Waals surface area contributed by atoms with Crippen LogP contribution in [0.5, 0.6) is 0 Å². The molecule has 2 aromatic heterocycles. The Morgan fingerprint density at radius 1 is 1.33 bits per heavy atom. The third-order valence-electron chi connectivity index (χ3n) is 4.42. The maximum absolute atomic E-state index is 12.4. The second-order valence-electron chi connectivity index (χ2n) is 6.46. The van der Waals surface area contributed by atoms with Crippen molar-refractivity contribution < 1.29 is 14.1 Å². The average Bonchev–Trinajstić information content (AvgIpc) is 3.44. The molecule has 8 nitrogen and oxygen atoms in total. The normalized spacial score (nSPS) is 16.5. The van der Waals surface area contributed by atoms with E-state index >= 15 is 0 Å². The van der Waals surface area contributed by atoms with E-state index in [1.54, 1.807) is 12.3 Å². The Morgan fingerprint density at radius 2 is 2.30 bits per heavy atom. The van der Waals surface area contributed by atoms with E-state index in [4.69, 9.17) is 9.26 Å². The summed E-state index contributed by atoms with van der Waals surface area (Å²) >= 11 is 0. The molecule has 1 aliphatic heterocycles. The second-order valence-corrected chi connectivity index (χ2v) is 6.46. The van der Waals surface area contributed by atoms with E-state index < -0.39 is 0 Å². The Labute approximate surface area is 156 Å². The lowest BCUT2D eigenvalue weighted by Gasteiger charge is -2.06. The molecule has 0 saturated carbocycles. The zero-order valence-electron chi connectivity index (χ0n) is 14.9. The highest BCUT2D eigenvalue weighted by Gasteiger charge is 2.23. The van der Waals surface area contributed by atoms with E-state index in [1.807, 2.05) is 35.1 Å². The second kappa shape index (κ2) is 8.13. The molecule has 8 heteroatoms. The van der Waals surface area contributed by atoms with E-state index in [1.165, 1.54) is 0 Å². The maximum atomic E-state index is 12.4. The molecule has 1 atom stereocenters. The lowest BCUT2D eigenvalue weighted by Crippen LogP contribution is -2.26. The number of benzene rings is 1. The van der Waals surface area contributed by atoms with Crippen LogP contribution in [0.4, 0.5) is 0 Å². The number of hydrogen-bond acceptors (Lipinski definition) is 6. The number of aromatic nitrogens is 4. The molecule has 0 aliphatic carbocycles. The first kappa shape index (κ1) is 17.4. The number of hydrogen-bond donors (Lipinski definition) is 1. The first-order valence-corrected chi connectivity index (χ1v) is 9.06. The van der Waals surface area contributed by atoms with Gasteiger partial charge in [0.05, 0.1) is 6.54 Å². The van der Waals surface area contributed by atoms with Gasteiger partial charge in [0.2, 0.25) is 0 Å². The number of carbonyl (C=O) groups excluding carboxylic acids is 1. The Morgan fingerprint density at radius 3 is 3.11 bits per heavy atom. The Hall–Kier alpha value is -3.00. The monoisotopic (exact) mass is 367 g/mol. The van der Waals surface area contributed by atoms with Crippen molar-refractivity contribution >= 4 is 5.91 Å². The van der Waals surface area contributed by atoms with Crippen molar-refractivity contribution in [2.45, 2.75) is 31.9 Å². The summed E-state index contributed by atoms with van der Waals surface area (Å²) in [4.78, 5) is 16.7. The summed E-state index contributed by atoms with van der Waals surface area (Å²) in [6, 6.07) is 9.40. The van der Waals surface area contributed by atoms with Crippen LogP contribution in [0.15, 0.2) is 47.2 Å². The summed E-state index contributed by atoms with van der Waals surface area (Å²) in [5, 5.41) is 11.0. The lowest BCUT2D eigenvalue weighted by molar-refractivity contribution is 0.0835. The molecule has 140 valence electrons. The first-order chi connectivity index (χ1) is 13.3. The van der Waals surface area contributed by atoms with Crippen molar-refractivity contribution in [2.24, 2.45) is 0 Å². The van der Waals surface area contributed by atoms with Crippen LogP contribution in [0.25, 0.3) is 0 Å². The van der Waals surface area contributed by atoms with Gasteiger partial charge in [-0.1, -0.05) is 17.3 Å². The van der Waals surface area contributed by atoms with Gasteiger partial charge in [0.1, 0.15) is 6.10 Å². The Kier molecular flexibility index (Phi) is 5.24. The summed E-state index contributed by atoms with van der Waals surface area (Å²) in [6.45, 7) is 1.80. The third-order valence-corrected chi connectivity index (χ3v) is 4.42. The zero-order valence-corrected chi connectivity index (χ0v) is 14.9. The van der Waals surface area contributed by atoms with Crippen molar-refractivity contribution in [3.05, 3.63) is 65.6 Å². The minimum Gasteiger partial charge on any atom is -0.368 e. The van der Waals surface area contributed by atoms with Crippen LogP contribution in [0.2, 0.25) is 0 Å². The van der Waals surface area contributed by atoms with Crippen molar-refractivity contribution in [1.82, 2.24) is 25.2 Å². The third kappa shape index (κ3) is 4.40. The maximum Gasteiger partial charge on any atom is 0.255 e. The summed E-state index contributed by atoms with van der Waals surface area (Å²) in [5.41, 5.74) is 1.64. The Bertz CT molecular complexity index is 884. The van der Waals surface area contributed by atoms with Gasteiger partial charge in [-0.2, -0.15) is 10.1 Å².